The van der Waals surface area contributed by atoms with Crippen LogP contribution in [0.15, 0.2) is 40.9 Å². The van der Waals surface area contributed by atoms with Gasteiger partial charge in [0.2, 0.25) is 10.0 Å². The topological polar surface area (TPSA) is 102 Å². The van der Waals surface area contributed by atoms with E-state index >= 15 is 4.39 Å². The lowest BCUT2D eigenvalue weighted by Gasteiger charge is -2.33. The molecule has 0 spiro atoms. The summed E-state index contributed by atoms with van der Waals surface area (Å²) in [5, 5.41) is 5.37. The summed E-state index contributed by atoms with van der Waals surface area (Å²) in [6, 6.07) is 9.66. The van der Waals surface area contributed by atoms with Gasteiger partial charge in [-0.1, -0.05) is 66.5 Å². The van der Waals surface area contributed by atoms with Crippen molar-refractivity contribution in [3.8, 4) is 11.3 Å². The molecule has 0 unspecified atom stereocenters. The molecule has 2 bridgehead atoms. The van der Waals surface area contributed by atoms with Crippen LogP contribution in [0, 0.1) is 11.7 Å². The first-order chi connectivity index (χ1) is 25.9. The minimum absolute atomic E-state index is 0.0153. The molecular weight excluding hydrogens is 750 g/mol. The minimum Gasteiger partial charge on any atom is -0.373 e. The third-order valence-electron chi connectivity index (χ3n) is 12.0. The largest absolute Gasteiger partial charge is 0.373 e. The number of anilines is 1. The van der Waals surface area contributed by atoms with Crippen LogP contribution in [-0.2, 0) is 21.4 Å². The number of aromatic nitrogens is 1. The van der Waals surface area contributed by atoms with Crippen molar-refractivity contribution in [2.24, 2.45) is 5.92 Å². The van der Waals surface area contributed by atoms with Crippen LogP contribution in [-0.4, -0.2) is 75.1 Å². The molecule has 296 valence electrons. The molecule has 1 aliphatic heterocycles. The maximum Gasteiger partial charge on any atom is 0.264 e. The Bertz CT molecular complexity index is 1850. The average Bonchev–Trinajstić information content (AvgIpc) is 3.60. The fourth-order valence-electron chi connectivity index (χ4n) is 8.16. The summed E-state index contributed by atoms with van der Waals surface area (Å²) in [4.78, 5) is 14.9. The standard InChI is InChI=1S/C41H55Cl2FN4O5S/c1-4-48(3,5-2)21-12-10-8-6-7-9-11-13-22-54(50,51)46-41(49)29-19-20-36(35(44)24-29)47-26-30-23-31(47)25-37(30)52-27-32-39(45-53-40(32)28-17-18-28)38-33(42)15-14-16-34(38)43/h14-16,19-20,24,28,30-31,37H,4-13,17-18,21-23,25-27H2,1-3H3/p+1/t30-,31+,37-/m1/s1. The fourth-order valence-corrected chi connectivity index (χ4v) is 9.83. The van der Waals surface area contributed by atoms with Crippen molar-refractivity contribution in [1.29, 1.82) is 0 Å². The summed E-state index contributed by atoms with van der Waals surface area (Å²) >= 11 is 13.1. The normalized spacial score (nSPS) is 19.9. The van der Waals surface area contributed by atoms with Crippen LogP contribution in [0.4, 0.5) is 10.1 Å². The van der Waals surface area contributed by atoms with Crippen LogP contribution >= 0.6 is 23.2 Å². The second kappa shape index (κ2) is 18.0. The zero-order valence-corrected chi connectivity index (χ0v) is 34.3. The zero-order chi connectivity index (χ0) is 38.5. The molecule has 3 atom stereocenters. The molecule has 1 aromatic heterocycles. The lowest BCUT2D eigenvalue weighted by atomic mass is 10.0. The Morgan fingerprint density at radius 2 is 1.67 bits per heavy atom. The SMILES string of the molecule is CC[N+](C)(CC)CCCCCCCCCCS(=O)(=O)NC(=O)c1ccc(N2C[C@H]3C[C@H]2C[C@H]3OCc2c(-c3c(Cl)cccc3Cl)noc2C2CC2)c(F)c1. The average molecular weight is 807 g/mol. The highest BCUT2D eigenvalue weighted by molar-refractivity contribution is 7.90. The molecule has 0 radical (unpaired) electrons. The summed E-state index contributed by atoms with van der Waals surface area (Å²) in [6.07, 6.45) is 11.9. The molecule has 3 aromatic rings. The number of nitrogens with zero attached hydrogens (tertiary/aromatic N) is 3. The van der Waals surface area contributed by atoms with Crippen molar-refractivity contribution in [2.75, 3.05) is 43.9 Å². The van der Waals surface area contributed by atoms with Gasteiger partial charge < -0.3 is 18.6 Å². The Kier molecular flexibility index (Phi) is 13.7. The van der Waals surface area contributed by atoms with Crippen LogP contribution in [0.1, 0.15) is 118 Å². The molecule has 2 aromatic carbocycles. The molecule has 1 amide bonds. The molecule has 3 aliphatic rings. The number of nitrogens with one attached hydrogen (secondary N) is 1. The Hall–Kier alpha value is -2.70. The second-order valence-corrected chi connectivity index (χ2v) is 18.5. The van der Waals surface area contributed by atoms with Crippen LogP contribution in [0.25, 0.3) is 11.3 Å². The first kappa shape index (κ1) is 40.9. The molecule has 2 heterocycles. The van der Waals surface area contributed by atoms with Gasteiger partial charge in [0.15, 0.2) is 0 Å². The van der Waals surface area contributed by atoms with Gasteiger partial charge in [-0.15, -0.1) is 0 Å². The first-order valence-electron chi connectivity index (χ1n) is 19.9. The molecule has 1 N–H and O–H groups in total. The molecule has 13 heteroatoms. The van der Waals surface area contributed by atoms with Gasteiger partial charge >= 0.3 is 0 Å². The third-order valence-corrected chi connectivity index (χ3v) is 14.0. The van der Waals surface area contributed by atoms with E-state index in [0.717, 1.165) is 73.2 Å². The van der Waals surface area contributed by atoms with E-state index < -0.39 is 21.7 Å². The Labute approximate surface area is 330 Å². The molecule has 3 fully saturated rings. The second-order valence-electron chi connectivity index (χ2n) is 15.9. The summed E-state index contributed by atoms with van der Waals surface area (Å²) in [7, 11) is -1.51. The Morgan fingerprint density at radius 3 is 2.28 bits per heavy atom. The molecular formula is C41H56Cl2FN4O5S+. The number of hydrogen-bond acceptors (Lipinski definition) is 7. The third kappa shape index (κ3) is 9.99. The van der Waals surface area contributed by atoms with E-state index in [1.165, 1.54) is 45.0 Å². The monoisotopic (exact) mass is 805 g/mol. The van der Waals surface area contributed by atoms with Crippen molar-refractivity contribution in [3.63, 3.8) is 0 Å². The Balaban J connectivity index is 0.936. The highest BCUT2D eigenvalue weighted by Crippen LogP contribution is 2.47. The maximum atomic E-state index is 15.5. The number of amides is 1. The number of hydrogen-bond donors (Lipinski definition) is 1. The summed E-state index contributed by atoms with van der Waals surface area (Å²) in [6.45, 7) is 8.99. The number of rotatable bonds is 21. The quantitative estimate of drug-likeness (QED) is 0.0846. The summed E-state index contributed by atoms with van der Waals surface area (Å²) in [5.41, 5.74) is 2.53. The minimum atomic E-state index is -3.82. The molecule has 9 nitrogen and oxygen atoms in total. The van der Waals surface area contributed by atoms with Gasteiger partial charge in [-0.05, 0) is 89.1 Å². The molecule has 54 heavy (non-hydrogen) atoms. The van der Waals surface area contributed by atoms with Gasteiger partial charge in [0, 0.05) is 41.1 Å². The van der Waals surface area contributed by atoms with Crippen LogP contribution in [0.3, 0.4) is 0 Å². The van der Waals surface area contributed by atoms with E-state index in [1.807, 2.05) is 4.90 Å². The van der Waals surface area contributed by atoms with Gasteiger partial charge in [-0.25, -0.2) is 17.5 Å². The predicted molar refractivity (Wildman–Crippen MR) is 213 cm³/mol. The zero-order valence-electron chi connectivity index (χ0n) is 31.9. The van der Waals surface area contributed by atoms with Crippen molar-refractivity contribution in [3.05, 3.63) is 69.1 Å². The van der Waals surface area contributed by atoms with E-state index in [-0.39, 0.29) is 29.4 Å². The van der Waals surface area contributed by atoms with E-state index in [2.05, 4.69) is 30.8 Å². The number of piperidine rings is 1. The van der Waals surface area contributed by atoms with Gasteiger partial charge in [0.1, 0.15) is 17.3 Å². The van der Waals surface area contributed by atoms with E-state index in [4.69, 9.17) is 32.5 Å². The highest BCUT2D eigenvalue weighted by atomic mass is 35.5. The lowest BCUT2D eigenvalue weighted by molar-refractivity contribution is -0.906. The predicted octanol–water partition coefficient (Wildman–Crippen LogP) is 9.52. The number of sulfonamides is 1. The van der Waals surface area contributed by atoms with E-state index in [1.54, 1.807) is 24.3 Å². The number of benzene rings is 2. The van der Waals surface area contributed by atoms with Gasteiger partial charge in [-0.3, -0.25) is 4.79 Å². The number of quaternary nitrogens is 1. The van der Waals surface area contributed by atoms with Gasteiger partial charge in [0.25, 0.3) is 5.91 Å². The molecule has 2 saturated carbocycles. The molecule has 6 rings (SSSR count). The highest BCUT2D eigenvalue weighted by Gasteiger charge is 2.46. The number of carbonyl (C=O) groups excluding carboxylic acids is 1. The van der Waals surface area contributed by atoms with Crippen LogP contribution < -0.4 is 9.62 Å². The summed E-state index contributed by atoms with van der Waals surface area (Å²) < 4.78 is 56.4. The van der Waals surface area contributed by atoms with E-state index in [9.17, 15) is 13.2 Å². The van der Waals surface area contributed by atoms with Crippen molar-refractivity contribution in [1.82, 2.24) is 9.88 Å². The lowest BCUT2D eigenvalue weighted by Crippen LogP contribution is -2.44. The maximum absolute atomic E-state index is 15.5. The molecule has 2 aliphatic carbocycles. The van der Waals surface area contributed by atoms with Crippen molar-refractivity contribution < 1.29 is 31.3 Å². The fraction of sp³-hybridized carbons (Fsp3) is 0.610. The van der Waals surface area contributed by atoms with Crippen molar-refractivity contribution in [2.45, 2.75) is 116 Å². The number of halogens is 3. The van der Waals surface area contributed by atoms with Gasteiger partial charge in [0.05, 0.1) is 60.9 Å². The number of ether oxygens (including phenoxy) is 1. The molecule has 1 saturated heterocycles. The van der Waals surface area contributed by atoms with Crippen molar-refractivity contribution >= 4 is 44.8 Å². The first-order valence-corrected chi connectivity index (χ1v) is 22.3. The van der Waals surface area contributed by atoms with E-state index in [0.29, 0.717) is 52.5 Å². The van der Waals surface area contributed by atoms with Crippen LogP contribution in [0.5, 0.6) is 0 Å². The number of unbranched alkanes of at least 4 members (excludes halogenated alkanes) is 7. The number of fused-ring (bicyclic) bond motifs is 2. The summed E-state index contributed by atoms with van der Waals surface area (Å²) in [5.74, 6) is -0.132. The van der Waals surface area contributed by atoms with Crippen LogP contribution in [0.2, 0.25) is 10.0 Å². The number of carbonyl (C=O) groups is 1. The smallest absolute Gasteiger partial charge is 0.264 e. The van der Waals surface area contributed by atoms with Gasteiger partial charge in [-0.2, -0.15) is 0 Å². The Morgan fingerprint density at radius 1 is 1.00 bits per heavy atom.